The molecule has 0 atom stereocenters. The third-order valence-corrected chi connectivity index (χ3v) is 4.62. The van der Waals surface area contributed by atoms with E-state index in [1.807, 2.05) is 6.92 Å². The van der Waals surface area contributed by atoms with E-state index in [2.05, 4.69) is 33.3 Å². The van der Waals surface area contributed by atoms with Crippen LogP contribution in [0, 0.1) is 23.7 Å². The maximum Gasteiger partial charge on any atom is 0.231 e. The number of nitrogens with two attached hydrogens (primary N) is 1. The van der Waals surface area contributed by atoms with Crippen molar-refractivity contribution in [2.45, 2.75) is 20.3 Å². The number of hydrogen-bond donors (Lipinski definition) is 1. The average Bonchev–Trinajstić information content (AvgIpc) is 3.10. The van der Waals surface area contributed by atoms with Crippen LogP contribution in [-0.2, 0) is 11.2 Å². The summed E-state index contributed by atoms with van der Waals surface area (Å²) in [6, 6.07) is 5.60. The zero-order chi connectivity index (χ0) is 19.0. The van der Waals surface area contributed by atoms with Crippen molar-refractivity contribution in [3.05, 3.63) is 34.6 Å². The molecule has 3 aromatic rings. The predicted molar refractivity (Wildman–Crippen MR) is 94.9 cm³/mol. The molecule has 9 nitrogen and oxygen atoms in total. The number of aryl methyl sites for hydroxylation is 1. The molecule has 0 aromatic carbocycles. The number of pyridine rings is 2. The number of nitrogen functional groups attached to an aromatic ring is 1. The van der Waals surface area contributed by atoms with Gasteiger partial charge in [-0.15, -0.1) is 0 Å². The van der Waals surface area contributed by atoms with Crippen molar-refractivity contribution >= 4 is 16.9 Å². The van der Waals surface area contributed by atoms with E-state index in [1.54, 1.807) is 12.1 Å². The van der Waals surface area contributed by atoms with Gasteiger partial charge in [-0.3, -0.25) is 0 Å². The molecular weight excluding hydrogens is 348 g/mol. The van der Waals surface area contributed by atoms with Crippen LogP contribution in [0.4, 0.5) is 5.69 Å². The fraction of sp³-hybridized carbons (Fsp3) is 0.389. The molecular formula is C18H18N6O3. The van der Waals surface area contributed by atoms with Gasteiger partial charge in [0.15, 0.2) is 5.52 Å². The number of nitriles is 1. The molecule has 9 heteroatoms. The van der Waals surface area contributed by atoms with Gasteiger partial charge in [0.2, 0.25) is 11.5 Å². The van der Waals surface area contributed by atoms with E-state index < -0.39 is 0 Å². The lowest BCUT2D eigenvalue weighted by molar-refractivity contribution is -0.120. The van der Waals surface area contributed by atoms with E-state index >= 15 is 0 Å². The van der Waals surface area contributed by atoms with Crippen LogP contribution in [0.25, 0.3) is 11.2 Å². The summed E-state index contributed by atoms with van der Waals surface area (Å²) in [7, 11) is 0. The zero-order valence-corrected chi connectivity index (χ0v) is 15.0. The molecule has 4 rings (SSSR count). The van der Waals surface area contributed by atoms with Gasteiger partial charge in [0.25, 0.3) is 0 Å². The number of fused-ring (bicyclic) bond motifs is 1. The number of anilines is 1. The van der Waals surface area contributed by atoms with Crippen molar-refractivity contribution in [3.63, 3.8) is 0 Å². The van der Waals surface area contributed by atoms with Gasteiger partial charge in [0.1, 0.15) is 11.6 Å². The van der Waals surface area contributed by atoms with Crippen LogP contribution in [0.1, 0.15) is 29.4 Å². The first-order valence-electron chi connectivity index (χ1n) is 8.47. The molecule has 1 saturated heterocycles. The van der Waals surface area contributed by atoms with Gasteiger partial charge < -0.3 is 15.2 Å². The van der Waals surface area contributed by atoms with Gasteiger partial charge in [-0.1, -0.05) is 6.92 Å². The van der Waals surface area contributed by atoms with Crippen molar-refractivity contribution in [2.75, 3.05) is 25.6 Å². The Labute approximate surface area is 155 Å². The molecule has 0 spiro atoms. The lowest BCUT2D eigenvalue weighted by Gasteiger charge is -2.37. The standard InChI is InChI=1S/C18H18N6O3/c1-10-13(14(20)15-16(21-10)24-27-23-15)5-12-4-3-11(6-19)17(22-12)26-9-18(2)7-25-8-18/h3-4H,5,7-9,20H2,1-2H3. The fourth-order valence-electron chi connectivity index (χ4n) is 2.94. The first kappa shape index (κ1) is 17.2. The van der Waals surface area contributed by atoms with E-state index in [9.17, 15) is 5.26 Å². The maximum absolute atomic E-state index is 9.33. The smallest absolute Gasteiger partial charge is 0.231 e. The monoisotopic (exact) mass is 366 g/mol. The second kappa shape index (κ2) is 6.48. The summed E-state index contributed by atoms with van der Waals surface area (Å²) < 4.78 is 15.8. The highest BCUT2D eigenvalue weighted by atomic mass is 16.6. The summed E-state index contributed by atoms with van der Waals surface area (Å²) in [5, 5.41) is 16.9. The van der Waals surface area contributed by atoms with Gasteiger partial charge in [-0.05, 0) is 29.4 Å². The Morgan fingerprint density at radius 1 is 1.30 bits per heavy atom. The Balaban J connectivity index is 1.62. The Hall–Kier alpha value is -3.25. The Morgan fingerprint density at radius 3 is 2.81 bits per heavy atom. The summed E-state index contributed by atoms with van der Waals surface area (Å²) in [6.45, 7) is 5.64. The SMILES string of the molecule is Cc1nc2nonc2c(N)c1Cc1ccc(C#N)c(OCC2(C)COC2)n1. The van der Waals surface area contributed by atoms with Crippen molar-refractivity contribution < 1.29 is 14.1 Å². The lowest BCUT2D eigenvalue weighted by Crippen LogP contribution is -2.44. The van der Waals surface area contributed by atoms with Crippen LogP contribution < -0.4 is 10.5 Å². The normalized spacial score (nSPS) is 15.3. The molecule has 3 aromatic heterocycles. The van der Waals surface area contributed by atoms with Gasteiger partial charge in [0.05, 0.1) is 25.5 Å². The second-order valence-electron chi connectivity index (χ2n) is 7.06. The third kappa shape index (κ3) is 3.15. The van der Waals surface area contributed by atoms with E-state index in [-0.39, 0.29) is 5.41 Å². The van der Waals surface area contributed by atoms with Crippen LogP contribution >= 0.6 is 0 Å². The summed E-state index contributed by atoms with van der Waals surface area (Å²) in [5.74, 6) is 0.316. The van der Waals surface area contributed by atoms with Gasteiger partial charge in [-0.2, -0.15) is 5.26 Å². The van der Waals surface area contributed by atoms with Crippen molar-refractivity contribution in [1.82, 2.24) is 20.3 Å². The number of rotatable bonds is 5. The first-order chi connectivity index (χ1) is 13.0. The maximum atomic E-state index is 9.33. The van der Waals surface area contributed by atoms with E-state index in [1.165, 1.54) is 0 Å². The molecule has 138 valence electrons. The van der Waals surface area contributed by atoms with E-state index in [4.69, 9.17) is 19.8 Å². The van der Waals surface area contributed by atoms with Gasteiger partial charge in [-0.25, -0.2) is 14.6 Å². The van der Waals surface area contributed by atoms with E-state index in [0.29, 0.717) is 60.2 Å². The Kier molecular flexibility index (Phi) is 4.12. The van der Waals surface area contributed by atoms with E-state index in [0.717, 1.165) is 11.3 Å². The Bertz CT molecular complexity index is 1050. The molecule has 0 aliphatic carbocycles. The van der Waals surface area contributed by atoms with Crippen molar-refractivity contribution in [2.24, 2.45) is 5.41 Å². The number of aromatic nitrogens is 4. The molecule has 0 unspecified atom stereocenters. The quantitative estimate of drug-likeness (QED) is 0.717. The highest BCUT2D eigenvalue weighted by Gasteiger charge is 2.34. The lowest BCUT2D eigenvalue weighted by atomic mass is 9.90. The Morgan fingerprint density at radius 2 is 2.11 bits per heavy atom. The topological polar surface area (TPSA) is 133 Å². The average molecular weight is 366 g/mol. The molecule has 0 radical (unpaired) electrons. The largest absolute Gasteiger partial charge is 0.476 e. The summed E-state index contributed by atoms with van der Waals surface area (Å²) in [4.78, 5) is 8.89. The van der Waals surface area contributed by atoms with Gasteiger partial charge in [0, 0.05) is 28.8 Å². The number of ether oxygens (including phenoxy) is 2. The summed E-state index contributed by atoms with van der Waals surface area (Å²) in [6.07, 6.45) is 0.427. The number of hydrogen-bond acceptors (Lipinski definition) is 9. The summed E-state index contributed by atoms with van der Waals surface area (Å²) >= 11 is 0. The molecule has 4 heterocycles. The molecule has 1 aliphatic heterocycles. The molecule has 27 heavy (non-hydrogen) atoms. The fourth-order valence-corrected chi connectivity index (χ4v) is 2.94. The van der Waals surface area contributed by atoms with Crippen LogP contribution in [0.2, 0.25) is 0 Å². The van der Waals surface area contributed by atoms with Crippen LogP contribution in [-0.4, -0.2) is 40.1 Å². The van der Waals surface area contributed by atoms with Crippen LogP contribution in [0.15, 0.2) is 16.8 Å². The van der Waals surface area contributed by atoms with Crippen molar-refractivity contribution in [3.8, 4) is 11.9 Å². The van der Waals surface area contributed by atoms with Crippen LogP contribution in [0.5, 0.6) is 5.88 Å². The molecule has 2 N–H and O–H groups in total. The molecule has 1 aliphatic rings. The minimum atomic E-state index is -0.0413. The molecule has 1 fully saturated rings. The summed E-state index contributed by atoms with van der Waals surface area (Å²) in [5.41, 5.74) is 10.1. The first-order valence-corrected chi connectivity index (χ1v) is 8.47. The highest BCUT2D eigenvalue weighted by Crippen LogP contribution is 2.29. The minimum Gasteiger partial charge on any atom is -0.476 e. The highest BCUT2D eigenvalue weighted by molar-refractivity contribution is 5.85. The predicted octanol–water partition coefficient (Wildman–Crippen LogP) is 1.78. The zero-order valence-electron chi connectivity index (χ0n) is 15.0. The van der Waals surface area contributed by atoms with Crippen LogP contribution in [0.3, 0.4) is 0 Å². The molecule has 0 bridgehead atoms. The van der Waals surface area contributed by atoms with Crippen molar-refractivity contribution in [1.29, 1.82) is 5.26 Å². The van der Waals surface area contributed by atoms with Gasteiger partial charge >= 0.3 is 0 Å². The molecule has 0 saturated carbocycles. The third-order valence-electron chi connectivity index (χ3n) is 4.62. The molecule has 0 amide bonds. The second-order valence-corrected chi connectivity index (χ2v) is 7.06. The minimum absolute atomic E-state index is 0.0413. The number of nitrogens with zero attached hydrogens (tertiary/aromatic N) is 5.